The highest BCUT2D eigenvalue weighted by molar-refractivity contribution is 5.86. The van der Waals surface area contributed by atoms with Crippen LogP contribution in [0.5, 0.6) is 0 Å². The number of piperazine rings is 1. The van der Waals surface area contributed by atoms with Gasteiger partial charge in [-0.3, -0.25) is 9.58 Å². The Bertz CT molecular complexity index is 1060. The summed E-state index contributed by atoms with van der Waals surface area (Å²) in [7, 11) is 1.91. The Morgan fingerprint density at radius 1 is 1.00 bits per heavy atom. The summed E-state index contributed by atoms with van der Waals surface area (Å²) in [5, 5.41) is 9.46. The monoisotopic (exact) mass is 349 g/mol. The van der Waals surface area contributed by atoms with Crippen LogP contribution >= 0.6 is 0 Å². The van der Waals surface area contributed by atoms with Gasteiger partial charge in [0.2, 0.25) is 0 Å². The molecule has 9 heteroatoms. The zero-order valence-corrected chi connectivity index (χ0v) is 14.5. The lowest BCUT2D eigenvalue weighted by Gasteiger charge is -2.35. The second-order valence-corrected chi connectivity index (χ2v) is 6.56. The van der Waals surface area contributed by atoms with Gasteiger partial charge >= 0.3 is 0 Å². The highest BCUT2D eigenvalue weighted by Gasteiger charge is 2.21. The van der Waals surface area contributed by atoms with E-state index in [-0.39, 0.29) is 0 Å². The molecule has 9 nitrogen and oxygen atoms in total. The van der Waals surface area contributed by atoms with Gasteiger partial charge in [-0.15, -0.1) is 0 Å². The van der Waals surface area contributed by atoms with Crippen LogP contribution in [-0.4, -0.2) is 65.4 Å². The van der Waals surface area contributed by atoms with Crippen molar-refractivity contribution in [3.05, 3.63) is 42.7 Å². The first kappa shape index (κ1) is 15.2. The maximum Gasteiger partial charge on any atom is 0.163 e. The molecule has 0 atom stereocenters. The van der Waals surface area contributed by atoms with Gasteiger partial charge in [-0.2, -0.15) is 10.2 Å². The summed E-state index contributed by atoms with van der Waals surface area (Å²) in [6.07, 6.45) is 7.02. The Balaban J connectivity index is 1.29. The predicted molar refractivity (Wildman–Crippen MR) is 96.8 cm³/mol. The molecule has 0 unspecified atom stereocenters. The number of rotatable bonds is 3. The largest absolute Gasteiger partial charge is 0.353 e. The molecule has 0 aliphatic carbocycles. The number of aromatic nitrogens is 7. The molecular weight excluding hydrogens is 330 g/mol. The van der Waals surface area contributed by atoms with Crippen LogP contribution in [0, 0.1) is 0 Å². The van der Waals surface area contributed by atoms with Gasteiger partial charge in [0.25, 0.3) is 0 Å². The van der Waals surface area contributed by atoms with E-state index in [1.807, 2.05) is 19.4 Å². The first-order valence-corrected chi connectivity index (χ1v) is 8.66. The second kappa shape index (κ2) is 6.03. The highest BCUT2D eigenvalue weighted by Crippen LogP contribution is 2.23. The van der Waals surface area contributed by atoms with Crippen LogP contribution in [0.2, 0.25) is 0 Å². The number of anilines is 1. The summed E-state index contributed by atoms with van der Waals surface area (Å²) in [6.45, 7) is 4.78. The third kappa shape index (κ3) is 2.57. The molecule has 132 valence electrons. The molecule has 5 rings (SSSR count). The van der Waals surface area contributed by atoms with E-state index in [1.165, 1.54) is 5.56 Å². The maximum atomic E-state index is 4.51. The van der Waals surface area contributed by atoms with E-state index in [4.69, 9.17) is 0 Å². The van der Waals surface area contributed by atoms with E-state index < -0.39 is 0 Å². The molecule has 5 heterocycles. The van der Waals surface area contributed by atoms with E-state index in [0.29, 0.717) is 0 Å². The molecule has 0 aromatic carbocycles. The van der Waals surface area contributed by atoms with Gasteiger partial charge in [0, 0.05) is 46.0 Å². The first-order valence-electron chi connectivity index (χ1n) is 8.66. The molecule has 0 saturated carbocycles. The van der Waals surface area contributed by atoms with E-state index >= 15 is 0 Å². The molecule has 4 aromatic heterocycles. The molecule has 26 heavy (non-hydrogen) atoms. The number of hydrogen-bond donors (Lipinski definition) is 0. The molecule has 0 bridgehead atoms. The lowest BCUT2D eigenvalue weighted by Crippen LogP contribution is -2.46. The van der Waals surface area contributed by atoms with Crippen molar-refractivity contribution >= 4 is 22.5 Å². The number of fused-ring (bicyclic) bond motifs is 2. The van der Waals surface area contributed by atoms with Crippen molar-refractivity contribution in [1.82, 2.24) is 39.2 Å². The van der Waals surface area contributed by atoms with E-state index in [1.54, 1.807) is 21.9 Å². The SMILES string of the molecule is Cn1ncc2c(N3CCN(Cc4ccn5ncnc5c4)CC3)ncnc21. The van der Waals surface area contributed by atoms with Gasteiger partial charge in [-0.05, 0) is 17.7 Å². The van der Waals surface area contributed by atoms with Crippen molar-refractivity contribution in [1.29, 1.82) is 0 Å². The van der Waals surface area contributed by atoms with Gasteiger partial charge < -0.3 is 4.90 Å². The molecule has 0 radical (unpaired) electrons. The topological polar surface area (TPSA) is 80.3 Å². The Morgan fingerprint density at radius 2 is 1.88 bits per heavy atom. The summed E-state index contributed by atoms with van der Waals surface area (Å²) in [5.74, 6) is 0.979. The maximum absolute atomic E-state index is 4.51. The summed E-state index contributed by atoms with van der Waals surface area (Å²) in [6, 6.07) is 4.21. The minimum Gasteiger partial charge on any atom is -0.353 e. The van der Waals surface area contributed by atoms with Crippen LogP contribution in [-0.2, 0) is 13.6 Å². The van der Waals surface area contributed by atoms with Crippen molar-refractivity contribution < 1.29 is 0 Å². The van der Waals surface area contributed by atoms with Crippen LogP contribution < -0.4 is 4.90 Å². The van der Waals surface area contributed by atoms with Crippen LogP contribution in [0.4, 0.5) is 5.82 Å². The van der Waals surface area contributed by atoms with Crippen molar-refractivity contribution in [2.24, 2.45) is 7.05 Å². The zero-order chi connectivity index (χ0) is 17.5. The molecule has 0 N–H and O–H groups in total. The Morgan fingerprint density at radius 3 is 2.77 bits per heavy atom. The standard InChI is InChI=1S/C17H19N9/c1-23-16-14(9-21-23)17(20-11-19-16)25-6-4-24(5-7-25)10-13-2-3-26-15(8-13)18-12-22-26/h2-3,8-9,11-12H,4-7,10H2,1H3. The lowest BCUT2D eigenvalue weighted by atomic mass is 10.2. The summed E-state index contributed by atoms with van der Waals surface area (Å²) >= 11 is 0. The number of pyridine rings is 1. The lowest BCUT2D eigenvalue weighted by molar-refractivity contribution is 0.249. The number of nitrogens with zero attached hydrogens (tertiary/aromatic N) is 9. The third-order valence-corrected chi connectivity index (χ3v) is 4.93. The van der Waals surface area contributed by atoms with Gasteiger partial charge in [-0.25, -0.2) is 19.5 Å². The van der Waals surface area contributed by atoms with E-state index in [9.17, 15) is 0 Å². The minimum absolute atomic E-state index is 0.874. The zero-order valence-electron chi connectivity index (χ0n) is 14.5. The average molecular weight is 349 g/mol. The minimum atomic E-state index is 0.874. The van der Waals surface area contributed by atoms with Crippen LogP contribution in [0.3, 0.4) is 0 Å². The smallest absolute Gasteiger partial charge is 0.163 e. The van der Waals surface area contributed by atoms with Crippen LogP contribution in [0.25, 0.3) is 16.7 Å². The molecule has 4 aromatic rings. The Hall–Kier alpha value is -3.07. The fourth-order valence-corrected chi connectivity index (χ4v) is 3.53. The van der Waals surface area contributed by atoms with Crippen LogP contribution in [0.15, 0.2) is 37.2 Å². The molecular formula is C17H19N9. The fraction of sp³-hybridized carbons (Fsp3) is 0.353. The predicted octanol–water partition coefficient (Wildman–Crippen LogP) is 0.728. The Labute approximate surface area is 149 Å². The van der Waals surface area contributed by atoms with Gasteiger partial charge in [0.1, 0.15) is 18.5 Å². The summed E-state index contributed by atoms with van der Waals surface area (Å²) in [5.41, 5.74) is 3.02. The van der Waals surface area contributed by atoms with Gasteiger partial charge in [0.05, 0.1) is 11.6 Å². The van der Waals surface area contributed by atoms with Crippen molar-refractivity contribution in [3.63, 3.8) is 0 Å². The first-order chi connectivity index (χ1) is 12.8. The molecule has 0 amide bonds. The summed E-state index contributed by atoms with van der Waals surface area (Å²) in [4.78, 5) is 17.9. The molecule has 0 spiro atoms. The highest BCUT2D eigenvalue weighted by atomic mass is 15.3. The number of hydrogen-bond acceptors (Lipinski definition) is 7. The normalized spacial score (nSPS) is 16.0. The molecule has 1 saturated heterocycles. The molecule has 1 fully saturated rings. The Kier molecular flexibility index (Phi) is 3.52. The average Bonchev–Trinajstić information content (AvgIpc) is 3.29. The molecule has 1 aliphatic heterocycles. The summed E-state index contributed by atoms with van der Waals surface area (Å²) < 4.78 is 3.58. The number of aryl methyl sites for hydroxylation is 1. The quantitative estimate of drug-likeness (QED) is 0.539. The fourth-order valence-electron chi connectivity index (χ4n) is 3.53. The second-order valence-electron chi connectivity index (χ2n) is 6.56. The third-order valence-electron chi connectivity index (χ3n) is 4.93. The van der Waals surface area contributed by atoms with Gasteiger partial charge in [-0.1, -0.05) is 0 Å². The van der Waals surface area contributed by atoms with Crippen molar-refractivity contribution in [2.45, 2.75) is 6.54 Å². The van der Waals surface area contributed by atoms with Crippen LogP contribution in [0.1, 0.15) is 5.56 Å². The van der Waals surface area contributed by atoms with Gasteiger partial charge in [0.15, 0.2) is 11.3 Å². The van der Waals surface area contributed by atoms with Crippen molar-refractivity contribution in [3.8, 4) is 0 Å². The van der Waals surface area contributed by atoms with E-state index in [0.717, 1.165) is 55.2 Å². The van der Waals surface area contributed by atoms with E-state index in [2.05, 4.69) is 47.1 Å². The van der Waals surface area contributed by atoms with Crippen molar-refractivity contribution in [2.75, 3.05) is 31.1 Å². The molecule has 1 aliphatic rings.